The van der Waals surface area contributed by atoms with Crippen molar-refractivity contribution in [2.75, 3.05) is 13.7 Å². The minimum absolute atomic E-state index is 0.109. The number of hydrogen-bond acceptors (Lipinski definition) is 5. The Kier molecular flexibility index (Phi) is 6.53. The Hall–Kier alpha value is -3.68. The normalized spacial score (nSPS) is 17.2. The lowest BCUT2D eigenvalue weighted by Gasteiger charge is -2.24. The molecule has 0 fully saturated rings. The maximum Gasteiger partial charge on any atom is 0.387 e. The molecule has 0 bridgehead atoms. The molecule has 3 unspecified atom stereocenters. The molecule has 5 rings (SSSR count). The number of nitrogens with zero attached hydrogens (tertiary/aromatic N) is 3. The fourth-order valence-corrected chi connectivity index (χ4v) is 5.48. The lowest BCUT2D eigenvalue weighted by atomic mass is 10.0. The quantitative estimate of drug-likeness (QED) is 0.285. The molecule has 196 valence electrons. The van der Waals surface area contributed by atoms with Gasteiger partial charge in [-0.05, 0) is 41.8 Å². The molecule has 0 saturated carbocycles. The molecular weight excluding hydrogens is 511 g/mol. The standard InChI is InChI=1S/C28H27F2N3O4P/c1-5-21-25-31-20-14-11-17(16-9-12-18(13-10-16)28(2,35)38(4)36)15-22(20)33(25)24-19(26(34)32(21)3)7-6-8-23(24)37-27(29)30/h6-15,21,27,35H,5H2,1-4H3/q+1. The van der Waals surface area contributed by atoms with E-state index in [1.807, 2.05) is 37.3 Å². The van der Waals surface area contributed by atoms with E-state index in [4.69, 9.17) is 9.72 Å². The van der Waals surface area contributed by atoms with E-state index in [2.05, 4.69) is 0 Å². The van der Waals surface area contributed by atoms with Gasteiger partial charge in [-0.15, -0.1) is 0 Å². The minimum atomic E-state index is -3.07. The van der Waals surface area contributed by atoms with E-state index < -0.39 is 19.8 Å². The zero-order valence-electron chi connectivity index (χ0n) is 21.4. The maximum absolute atomic E-state index is 13.4. The molecule has 4 aromatic rings. The van der Waals surface area contributed by atoms with Crippen LogP contribution in [0.15, 0.2) is 60.7 Å². The van der Waals surface area contributed by atoms with E-state index in [-0.39, 0.29) is 28.9 Å². The second-order valence-electron chi connectivity index (χ2n) is 9.48. The summed E-state index contributed by atoms with van der Waals surface area (Å²) in [5.41, 5.74) is 3.95. The van der Waals surface area contributed by atoms with Gasteiger partial charge in [-0.3, -0.25) is 9.36 Å². The van der Waals surface area contributed by atoms with Crippen LogP contribution in [0.5, 0.6) is 5.75 Å². The van der Waals surface area contributed by atoms with Crippen molar-refractivity contribution in [2.45, 2.75) is 38.3 Å². The molecule has 0 saturated heterocycles. The molecule has 0 aliphatic carbocycles. The number of benzene rings is 3. The number of halogens is 2. The van der Waals surface area contributed by atoms with E-state index in [1.165, 1.54) is 25.7 Å². The molecule has 7 nitrogen and oxygen atoms in total. The second-order valence-corrected chi connectivity index (χ2v) is 11.3. The van der Waals surface area contributed by atoms with Gasteiger partial charge in [0.1, 0.15) is 18.2 Å². The summed E-state index contributed by atoms with van der Waals surface area (Å²) < 4.78 is 45.4. The van der Waals surface area contributed by atoms with Crippen molar-refractivity contribution in [1.82, 2.24) is 14.5 Å². The van der Waals surface area contributed by atoms with Crippen LogP contribution in [-0.2, 0) is 9.91 Å². The number of imidazole rings is 1. The van der Waals surface area contributed by atoms with Crippen molar-refractivity contribution >= 4 is 24.7 Å². The first-order chi connectivity index (χ1) is 18.0. The van der Waals surface area contributed by atoms with Crippen molar-refractivity contribution in [2.24, 2.45) is 0 Å². The molecule has 1 amide bonds. The summed E-state index contributed by atoms with van der Waals surface area (Å²) in [6.07, 6.45) is 0.568. The maximum atomic E-state index is 13.4. The zero-order valence-corrected chi connectivity index (χ0v) is 22.2. The summed E-state index contributed by atoms with van der Waals surface area (Å²) >= 11 is 0. The molecule has 1 aromatic heterocycles. The van der Waals surface area contributed by atoms with Crippen LogP contribution < -0.4 is 4.74 Å². The third kappa shape index (κ3) is 4.16. The number of ether oxygens (including phenoxy) is 1. The summed E-state index contributed by atoms with van der Waals surface area (Å²) in [5, 5.41) is 9.13. The number of carbonyl (C=O) groups excluding carboxylic acids is 1. The lowest BCUT2D eigenvalue weighted by molar-refractivity contribution is -0.0498. The summed E-state index contributed by atoms with van der Waals surface area (Å²) in [4.78, 5) is 19.8. The van der Waals surface area contributed by atoms with Crippen LogP contribution in [0, 0.1) is 0 Å². The number of fused-ring (bicyclic) bond motifs is 5. The molecule has 0 radical (unpaired) electrons. The first kappa shape index (κ1) is 25.9. The van der Waals surface area contributed by atoms with Gasteiger partial charge in [-0.25, -0.2) is 4.98 Å². The van der Waals surface area contributed by atoms with Gasteiger partial charge in [-0.1, -0.05) is 47.9 Å². The fourth-order valence-electron chi connectivity index (χ4n) is 4.97. The van der Waals surface area contributed by atoms with Crippen LogP contribution in [-0.4, -0.2) is 45.8 Å². The highest BCUT2D eigenvalue weighted by atomic mass is 31.1. The zero-order chi connectivity index (χ0) is 27.4. The van der Waals surface area contributed by atoms with Gasteiger partial charge < -0.3 is 14.7 Å². The second kappa shape index (κ2) is 9.57. The molecule has 2 heterocycles. The van der Waals surface area contributed by atoms with Crippen LogP contribution in [0.2, 0.25) is 0 Å². The molecule has 1 aliphatic rings. The summed E-state index contributed by atoms with van der Waals surface area (Å²) in [6, 6.07) is 16.9. The van der Waals surface area contributed by atoms with Gasteiger partial charge in [0.2, 0.25) is 0 Å². The predicted octanol–water partition coefficient (Wildman–Crippen LogP) is 6.45. The van der Waals surface area contributed by atoms with E-state index in [0.29, 0.717) is 28.8 Å². The Morgan fingerprint density at radius 2 is 1.82 bits per heavy atom. The predicted molar refractivity (Wildman–Crippen MR) is 141 cm³/mol. The summed E-state index contributed by atoms with van der Waals surface area (Å²) in [5.74, 6) is 0.137. The summed E-state index contributed by atoms with van der Waals surface area (Å²) in [7, 11) is -0.178. The largest absolute Gasteiger partial charge is 0.433 e. The molecule has 1 N–H and O–H groups in total. The number of carbonyl (C=O) groups is 1. The average Bonchev–Trinajstić information content (AvgIpc) is 3.22. The highest BCUT2D eigenvalue weighted by molar-refractivity contribution is 7.44. The van der Waals surface area contributed by atoms with Crippen LogP contribution in [0.1, 0.15) is 48.1 Å². The number of hydrogen-bond donors (Lipinski definition) is 1. The van der Waals surface area contributed by atoms with Gasteiger partial charge >= 0.3 is 14.4 Å². The minimum Gasteiger partial charge on any atom is -0.433 e. The SMILES string of the molecule is CCC1c2nc3ccc(-c4ccc(C(C)(O)[P+](C)=O)cc4)cc3n2-c2c(OC(F)F)cccc2C(=O)N1C. The Balaban J connectivity index is 1.74. The van der Waals surface area contributed by atoms with E-state index in [1.54, 1.807) is 34.7 Å². The highest BCUT2D eigenvalue weighted by Gasteiger charge is 2.40. The average molecular weight is 539 g/mol. The molecule has 0 spiro atoms. The first-order valence-corrected chi connectivity index (χ1v) is 13.9. The van der Waals surface area contributed by atoms with Crippen molar-refractivity contribution in [3.63, 3.8) is 0 Å². The first-order valence-electron chi connectivity index (χ1n) is 12.2. The van der Waals surface area contributed by atoms with E-state index in [9.17, 15) is 23.2 Å². The molecular formula is C28H27F2N3O4P+. The fraction of sp³-hybridized carbons (Fsp3) is 0.286. The monoisotopic (exact) mass is 538 g/mol. The van der Waals surface area contributed by atoms with E-state index in [0.717, 1.165) is 11.1 Å². The molecule has 1 aliphatic heterocycles. The third-order valence-electron chi connectivity index (χ3n) is 7.20. The number of amides is 1. The lowest BCUT2D eigenvalue weighted by Crippen LogP contribution is -2.30. The van der Waals surface area contributed by atoms with Gasteiger partial charge in [0.25, 0.3) is 11.2 Å². The molecule has 10 heteroatoms. The van der Waals surface area contributed by atoms with Gasteiger partial charge in [0.15, 0.2) is 5.75 Å². The number of rotatable bonds is 6. The van der Waals surface area contributed by atoms with Crippen LogP contribution in [0.25, 0.3) is 27.8 Å². The Labute approximate surface area is 219 Å². The molecule has 3 aromatic carbocycles. The van der Waals surface area contributed by atoms with Crippen molar-refractivity contribution < 1.29 is 28.0 Å². The number of aromatic nitrogens is 2. The van der Waals surface area contributed by atoms with Crippen molar-refractivity contribution in [3.8, 4) is 22.6 Å². The highest BCUT2D eigenvalue weighted by Crippen LogP contribution is 2.43. The topological polar surface area (TPSA) is 84.7 Å². The molecule has 3 atom stereocenters. The van der Waals surface area contributed by atoms with Crippen LogP contribution in [0.3, 0.4) is 0 Å². The van der Waals surface area contributed by atoms with Gasteiger partial charge in [0.05, 0.1) is 22.6 Å². The Morgan fingerprint density at radius 1 is 1.13 bits per heavy atom. The van der Waals surface area contributed by atoms with E-state index >= 15 is 0 Å². The van der Waals surface area contributed by atoms with Gasteiger partial charge in [-0.2, -0.15) is 8.78 Å². The van der Waals surface area contributed by atoms with Crippen LogP contribution in [0.4, 0.5) is 8.78 Å². The third-order valence-corrected chi connectivity index (χ3v) is 8.68. The van der Waals surface area contributed by atoms with Crippen molar-refractivity contribution in [1.29, 1.82) is 0 Å². The number of aliphatic hydroxyl groups is 1. The number of alkyl halides is 2. The summed E-state index contributed by atoms with van der Waals surface area (Å²) in [6.45, 7) is 1.88. The Bertz CT molecular complexity index is 1570. The molecule has 38 heavy (non-hydrogen) atoms. The number of para-hydroxylation sites is 1. The van der Waals surface area contributed by atoms with Crippen molar-refractivity contribution in [3.05, 3.63) is 77.6 Å². The van der Waals surface area contributed by atoms with Gasteiger partial charge in [0, 0.05) is 19.5 Å². The Morgan fingerprint density at radius 3 is 2.45 bits per heavy atom. The smallest absolute Gasteiger partial charge is 0.387 e. The van der Waals surface area contributed by atoms with Crippen LogP contribution >= 0.6 is 7.80 Å².